The number of hydrogen-bond acceptors (Lipinski definition) is 2. The summed E-state index contributed by atoms with van der Waals surface area (Å²) in [6.45, 7) is 3.18. The highest BCUT2D eigenvalue weighted by Gasteiger charge is 1.96. The molecule has 164 valence electrons. The van der Waals surface area contributed by atoms with Crippen LogP contribution in [0.1, 0.15) is 102 Å². The SMILES string of the molecule is CCCCCCCCCCCCCCCCNC(=S)N/N=C\c1ccc(Cl)cc1. The monoisotopic (exact) mass is 437 g/mol. The van der Waals surface area contributed by atoms with Gasteiger partial charge in [0.15, 0.2) is 5.11 Å². The Hall–Kier alpha value is -1.13. The molecular weight excluding hydrogens is 398 g/mol. The molecule has 2 N–H and O–H groups in total. The second-order valence-corrected chi connectivity index (χ2v) is 8.62. The van der Waals surface area contributed by atoms with E-state index in [2.05, 4.69) is 22.8 Å². The normalized spacial score (nSPS) is 11.1. The Labute approximate surface area is 189 Å². The fourth-order valence-electron chi connectivity index (χ4n) is 3.28. The zero-order chi connectivity index (χ0) is 21.0. The summed E-state index contributed by atoms with van der Waals surface area (Å²) in [6, 6.07) is 7.52. The van der Waals surface area contributed by atoms with E-state index in [1.165, 1.54) is 83.5 Å². The van der Waals surface area contributed by atoms with Gasteiger partial charge in [-0.2, -0.15) is 5.10 Å². The molecule has 3 nitrogen and oxygen atoms in total. The molecule has 0 atom stereocenters. The minimum absolute atomic E-state index is 0.574. The fraction of sp³-hybridized carbons (Fsp3) is 0.667. The summed E-state index contributed by atoms with van der Waals surface area (Å²) in [5, 5.41) is 8.64. The van der Waals surface area contributed by atoms with Crippen molar-refractivity contribution in [1.82, 2.24) is 10.7 Å². The van der Waals surface area contributed by atoms with E-state index in [1.807, 2.05) is 24.3 Å². The predicted molar refractivity (Wildman–Crippen MR) is 133 cm³/mol. The number of rotatable bonds is 17. The van der Waals surface area contributed by atoms with Crippen molar-refractivity contribution in [3.8, 4) is 0 Å². The predicted octanol–water partition coefficient (Wildman–Crippen LogP) is 7.62. The molecular formula is C24H40ClN3S. The minimum atomic E-state index is 0.574. The topological polar surface area (TPSA) is 36.4 Å². The first-order valence-electron chi connectivity index (χ1n) is 11.5. The van der Waals surface area contributed by atoms with Crippen LogP contribution in [0.5, 0.6) is 0 Å². The quantitative estimate of drug-likeness (QED) is 0.114. The Balaban J connectivity index is 1.83. The molecule has 0 aromatic heterocycles. The maximum atomic E-state index is 5.86. The van der Waals surface area contributed by atoms with E-state index in [0.29, 0.717) is 5.11 Å². The van der Waals surface area contributed by atoms with Crippen LogP contribution in [0.15, 0.2) is 29.4 Å². The van der Waals surface area contributed by atoms with E-state index in [9.17, 15) is 0 Å². The van der Waals surface area contributed by atoms with E-state index in [1.54, 1.807) is 6.21 Å². The first-order chi connectivity index (χ1) is 14.2. The molecule has 0 saturated carbocycles. The zero-order valence-corrected chi connectivity index (χ0v) is 19.8. The van der Waals surface area contributed by atoms with Gasteiger partial charge >= 0.3 is 0 Å². The third kappa shape index (κ3) is 16.4. The van der Waals surface area contributed by atoms with E-state index in [0.717, 1.165) is 23.6 Å². The summed E-state index contributed by atoms with van der Waals surface area (Å²) < 4.78 is 0. The molecule has 0 radical (unpaired) electrons. The molecule has 0 aliphatic heterocycles. The van der Waals surface area contributed by atoms with Gasteiger partial charge in [-0.15, -0.1) is 0 Å². The number of thiocarbonyl (C=S) groups is 1. The summed E-state index contributed by atoms with van der Waals surface area (Å²) in [5.41, 5.74) is 3.84. The number of hydrazone groups is 1. The largest absolute Gasteiger partial charge is 0.361 e. The van der Waals surface area contributed by atoms with E-state index in [4.69, 9.17) is 23.8 Å². The van der Waals surface area contributed by atoms with Crippen molar-refractivity contribution in [2.75, 3.05) is 6.54 Å². The van der Waals surface area contributed by atoms with Crippen LogP contribution in [0.3, 0.4) is 0 Å². The lowest BCUT2D eigenvalue weighted by Gasteiger charge is -2.07. The summed E-state index contributed by atoms with van der Waals surface area (Å²) in [5.74, 6) is 0. The second-order valence-electron chi connectivity index (χ2n) is 7.77. The highest BCUT2D eigenvalue weighted by atomic mass is 35.5. The summed E-state index contributed by atoms with van der Waals surface area (Å²) in [7, 11) is 0. The minimum Gasteiger partial charge on any atom is -0.361 e. The lowest BCUT2D eigenvalue weighted by molar-refractivity contribution is 0.535. The summed E-state index contributed by atoms with van der Waals surface area (Å²) in [6.07, 6.45) is 21.0. The third-order valence-corrected chi connectivity index (χ3v) is 5.55. The Bertz CT molecular complexity index is 546. The van der Waals surface area contributed by atoms with Crippen LogP contribution in [0, 0.1) is 0 Å². The van der Waals surface area contributed by atoms with E-state index < -0.39 is 0 Å². The number of unbranched alkanes of at least 4 members (excludes halogenated alkanes) is 13. The molecule has 0 unspecified atom stereocenters. The van der Waals surface area contributed by atoms with Gasteiger partial charge in [0.05, 0.1) is 6.21 Å². The van der Waals surface area contributed by atoms with Crippen LogP contribution in [0.25, 0.3) is 0 Å². The Morgan fingerprint density at radius 3 is 1.83 bits per heavy atom. The first-order valence-corrected chi connectivity index (χ1v) is 12.3. The zero-order valence-electron chi connectivity index (χ0n) is 18.2. The van der Waals surface area contributed by atoms with Crippen molar-refractivity contribution in [3.63, 3.8) is 0 Å². The Kier molecular flexibility index (Phi) is 16.9. The second kappa shape index (κ2) is 18.9. The smallest absolute Gasteiger partial charge is 0.186 e. The number of nitrogens with one attached hydrogen (secondary N) is 2. The molecule has 1 aromatic carbocycles. The maximum Gasteiger partial charge on any atom is 0.186 e. The van der Waals surface area contributed by atoms with Crippen LogP contribution in [0.4, 0.5) is 0 Å². The molecule has 0 bridgehead atoms. The molecule has 0 fully saturated rings. The van der Waals surface area contributed by atoms with Crippen LogP contribution in [0.2, 0.25) is 5.02 Å². The Morgan fingerprint density at radius 1 is 0.828 bits per heavy atom. The van der Waals surface area contributed by atoms with Crippen molar-refractivity contribution in [2.24, 2.45) is 5.10 Å². The molecule has 1 rings (SSSR count). The average Bonchev–Trinajstić information content (AvgIpc) is 2.72. The average molecular weight is 438 g/mol. The van der Waals surface area contributed by atoms with Gasteiger partial charge in [-0.1, -0.05) is 114 Å². The lowest BCUT2D eigenvalue weighted by atomic mass is 10.0. The molecule has 0 aliphatic rings. The first kappa shape index (κ1) is 25.9. The van der Waals surface area contributed by atoms with Crippen molar-refractivity contribution in [1.29, 1.82) is 0 Å². The molecule has 0 saturated heterocycles. The number of hydrogen-bond donors (Lipinski definition) is 2. The maximum absolute atomic E-state index is 5.86. The van der Waals surface area contributed by atoms with Gasteiger partial charge in [0, 0.05) is 11.6 Å². The third-order valence-electron chi connectivity index (χ3n) is 5.07. The summed E-state index contributed by atoms with van der Waals surface area (Å²) >= 11 is 11.1. The molecule has 0 aliphatic carbocycles. The van der Waals surface area contributed by atoms with Gasteiger partial charge in [-0.25, -0.2) is 0 Å². The van der Waals surface area contributed by atoms with Gasteiger partial charge in [0.25, 0.3) is 0 Å². The standard InChI is InChI=1S/C24H40ClN3S/c1-2-3-4-5-6-7-8-9-10-11-12-13-14-15-20-26-24(29)28-27-21-22-16-18-23(25)19-17-22/h16-19,21H,2-15,20H2,1H3,(H2,26,28,29)/b27-21-. The molecule has 29 heavy (non-hydrogen) atoms. The highest BCUT2D eigenvalue weighted by Crippen LogP contribution is 2.12. The van der Waals surface area contributed by atoms with Gasteiger partial charge in [-0.3, -0.25) is 5.43 Å². The molecule has 5 heteroatoms. The molecule has 1 aromatic rings. The fourth-order valence-corrected chi connectivity index (χ4v) is 3.56. The van der Waals surface area contributed by atoms with Gasteiger partial charge in [-0.05, 0) is 36.3 Å². The van der Waals surface area contributed by atoms with Gasteiger partial charge in [0.1, 0.15) is 0 Å². The molecule has 0 heterocycles. The van der Waals surface area contributed by atoms with Crippen molar-refractivity contribution in [2.45, 2.75) is 96.8 Å². The van der Waals surface area contributed by atoms with Crippen LogP contribution < -0.4 is 10.7 Å². The van der Waals surface area contributed by atoms with Crippen LogP contribution in [-0.4, -0.2) is 17.9 Å². The number of halogens is 1. The van der Waals surface area contributed by atoms with Crippen molar-refractivity contribution >= 4 is 35.1 Å². The highest BCUT2D eigenvalue weighted by molar-refractivity contribution is 7.80. The van der Waals surface area contributed by atoms with Gasteiger partial charge < -0.3 is 5.32 Å². The van der Waals surface area contributed by atoms with E-state index >= 15 is 0 Å². The van der Waals surface area contributed by atoms with Crippen molar-refractivity contribution < 1.29 is 0 Å². The summed E-state index contributed by atoms with van der Waals surface area (Å²) in [4.78, 5) is 0. The number of nitrogens with zero attached hydrogens (tertiary/aromatic N) is 1. The van der Waals surface area contributed by atoms with Crippen molar-refractivity contribution in [3.05, 3.63) is 34.9 Å². The Morgan fingerprint density at radius 2 is 1.31 bits per heavy atom. The molecule has 0 amide bonds. The van der Waals surface area contributed by atoms with E-state index in [-0.39, 0.29) is 0 Å². The van der Waals surface area contributed by atoms with Crippen LogP contribution in [-0.2, 0) is 0 Å². The van der Waals surface area contributed by atoms with Crippen LogP contribution >= 0.6 is 23.8 Å². The van der Waals surface area contributed by atoms with Gasteiger partial charge in [0.2, 0.25) is 0 Å². The molecule has 0 spiro atoms. The number of benzene rings is 1. The lowest BCUT2D eigenvalue weighted by Crippen LogP contribution is -2.32.